The van der Waals surface area contributed by atoms with Crippen LogP contribution < -0.4 is 0 Å². The molecule has 1 saturated heterocycles. The van der Waals surface area contributed by atoms with E-state index >= 15 is 4.39 Å². The molecule has 36 heavy (non-hydrogen) atoms. The topological polar surface area (TPSA) is 3.24 Å². The molecule has 1 heterocycles. The Kier molecular flexibility index (Phi) is 7.10. The second-order valence-electron chi connectivity index (χ2n) is 9.73. The summed E-state index contributed by atoms with van der Waals surface area (Å²) < 4.78 is 56.7. The van der Waals surface area contributed by atoms with Gasteiger partial charge in [-0.15, -0.1) is 0 Å². The van der Waals surface area contributed by atoms with E-state index < -0.39 is 11.6 Å². The van der Waals surface area contributed by atoms with Gasteiger partial charge in [0.1, 0.15) is 17.5 Å². The number of hydrogen-bond acceptors (Lipinski definition) is 1. The average Bonchev–Trinajstić information content (AvgIpc) is 3.01. The highest BCUT2D eigenvalue weighted by atomic mass is 19.1. The maximum atomic E-state index is 15.6. The summed E-state index contributed by atoms with van der Waals surface area (Å²) in [4.78, 5) is 2.14. The first-order valence-corrected chi connectivity index (χ1v) is 12.5. The molecule has 3 aromatic carbocycles. The van der Waals surface area contributed by atoms with Crippen LogP contribution in [0.3, 0.4) is 0 Å². The van der Waals surface area contributed by atoms with Gasteiger partial charge in [0.25, 0.3) is 0 Å². The maximum absolute atomic E-state index is 15.6. The van der Waals surface area contributed by atoms with Crippen molar-refractivity contribution in [2.45, 2.75) is 32.6 Å². The van der Waals surface area contributed by atoms with Crippen LogP contribution in [0.1, 0.15) is 52.6 Å². The Balaban J connectivity index is 1.60. The van der Waals surface area contributed by atoms with Crippen LogP contribution in [0.15, 0.2) is 60.2 Å². The monoisotopic (exact) mass is 491 g/mol. The zero-order valence-corrected chi connectivity index (χ0v) is 20.4. The van der Waals surface area contributed by atoms with Gasteiger partial charge in [0, 0.05) is 36.8 Å². The fourth-order valence-corrected chi connectivity index (χ4v) is 5.41. The largest absolute Gasteiger partial charge is 0.295 e. The van der Waals surface area contributed by atoms with E-state index in [1.165, 1.54) is 18.2 Å². The number of fused-ring (bicyclic) bond motifs is 1. The SMILES string of the molecule is Cc1cc(C2=C(c3ccc(F)cc3F)CCCc3ccccc32)cc(F)c1C=C1CN(CCCF)C1. The molecule has 0 aromatic heterocycles. The first-order chi connectivity index (χ1) is 17.4. The molecule has 0 radical (unpaired) electrons. The summed E-state index contributed by atoms with van der Waals surface area (Å²) in [6.45, 7) is 3.73. The number of likely N-dealkylation sites (tertiary alicyclic amines) is 1. The minimum absolute atomic E-state index is 0.326. The first-order valence-electron chi connectivity index (χ1n) is 12.5. The molecule has 2 aliphatic rings. The number of benzene rings is 3. The molecule has 1 fully saturated rings. The van der Waals surface area contributed by atoms with Crippen molar-refractivity contribution in [3.8, 4) is 0 Å². The fourth-order valence-electron chi connectivity index (χ4n) is 5.41. The molecule has 1 aliphatic heterocycles. The van der Waals surface area contributed by atoms with Gasteiger partial charge in [-0.1, -0.05) is 30.3 Å². The van der Waals surface area contributed by atoms with Crippen LogP contribution in [0.5, 0.6) is 0 Å². The van der Waals surface area contributed by atoms with Gasteiger partial charge in [0.05, 0.1) is 6.67 Å². The lowest BCUT2D eigenvalue weighted by atomic mass is 9.86. The molecule has 0 saturated carbocycles. The second kappa shape index (κ2) is 10.4. The lowest BCUT2D eigenvalue weighted by Gasteiger charge is -2.34. The Morgan fingerprint density at radius 2 is 1.69 bits per heavy atom. The Morgan fingerprint density at radius 1 is 0.889 bits per heavy atom. The van der Waals surface area contributed by atoms with E-state index in [-0.39, 0.29) is 12.5 Å². The van der Waals surface area contributed by atoms with Crippen molar-refractivity contribution in [1.29, 1.82) is 0 Å². The molecule has 0 amide bonds. The van der Waals surface area contributed by atoms with Gasteiger partial charge in [-0.05, 0) is 95.9 Å². The summed E-state index contributed by atoms with van der Waals surface area (Å²) in [5.41, 5.74) is 7.19. The van der Waals surface area contributed by atoms with Gasteiger partial charge in [0.2, 0.25) is 0 Å². The summed E-state index contributed by atoms with van der Waals surface area (Å²) in [5.74, 6) is -1.55. The van der Waals surface area contributed by atoms with Crippen LogP contribution in [-0.4, -0.2) is 31.2 Å². The number of rotatable bonds is 6. The van der Waals surface area contributed by atoms with Crippen molar-refractivity contribution in [2.24, 2.45) is 0 Å². The van der Waals surface area contributed by atoms with Crippen LogP contribution in [0.25, 0.3) is 17.2 Å². The van der Waals surface area contributed by atoms with Gasteiger partial charge < -0.3 is 0 Å². The van der Waals surface area contributed by atoms with Crippen LogP contribution in [-0.2, 0) is 6.42 Å². The third kappa shape index (κ3) is 4.90. The normalized spacial score (nSPS) is 16.0. The van der Waals surface area contributed by atoms with Crippen LogP contribution in [0.2, 0.25) is 0 Å². The molecule has 0 spiro atoms. The minimum Gasteiger partial charge on any atom is -0.295 e. The van der Waals surface area contributed by atoms with Gasteiger partial charge in [-0.3, -0.25) is 9.29 Å². The van der Waals surface area contributed by atoms with Gasteiger partial charge in [-0.2, -0.15) is 0 Å². The molecular weight excluding hydrogens is 462 g/mol. The quantitative estimate of drug-likeness (QED) is 0.319. The summed E-state index contributed by atoms with van der Waals surface area (Å²) in [7, 11) is 0. The number of aryl methyl sites for hydroxylation is 2. The Hall–Kier alpha value is -3.18. The first kappa shape index (κ1) is 24.5. The standard InChI is InChI=1S/C31H29F4N/c1-20-14-23(16-29(34)28(20)15-21-18-36(19-21)13-5-12-32)31-25-8-3-2-6-22(25)7-4-9-27(31)26-11-10-24(33)17-30(26)35/h2-3,6,8,10-11,14-17H,4-5,7,9,12-13,18-19H2,1H3. The van der Waals surface area contributed by atoms with Crippen LogP contribution in [0.4, 0.5) is 17.6 Å². The van der Waals surface area contributed by atoms with Crippen molar-refractivity contribution in [3.63, 3.8) is 0 Å². The molecule has 1 aliphatic carbocycles. The Morgan fingerprint density at radius 3 is 2.44 bits per heavy atom. The molecule has 5 heteroatoms. The fraction of sp³-hybridized carbons (Fsp3) is 0.290. The molecule has 1 nitrogen and oxygen atoms in total. The van der Waals surface area contributed by atoms with Gasteiger partial charge in [0.15, 0.2) is 0 Å². The molecule has 3 aromatic rings. The lowest BCUT2D eigenvalue weighted by Crippen LogP contribution is -2.40. The predicted octanol–water partition coefficient (Wildman–Crippen LogP) is 7.77. The summed E-state index contributed by atoms with van der Waals surface area (Å²) in [6.07, 6.45) is 4.67. The van der Waals surface area contributed by atoms with E-state index in [9.17, 15) is 13.2 Å². The van der Waals surface area contributed by atoms with Crippen molar-refractivity contribution in [2.75, 3.05) is 26.3 Å². The van der Waals surface area contributed by atoms with Crippen molar-refractivity contribution in [3.05, 3.63) is 111 Å². The highest BCUT2D eigenvalue weighted by Crippen LogP contribution is 2.41. The predicted molar refractivity (Wildman–Crippen MR) is 138 cm³/mol. The maximum Gasteiger partial charge on any atom is 0.133 e. The number of hydrogen-bond donors (Lipinski definition) is 0. The molecule has 5 rings (SSSR count). The lowest BCUT2D eigenvalue weighted by molar-refractivity contribution is 0.239. The van der Waals surface area contributed by atoms with E-state index in [1.54, 1.807) is 0 Å². The van der Waals surface area contributed by atoms with E-state index in [1.807, 2.05) is 37.3 Å². The number of alkyl halides is 1. The summed E-state index contributed by atoms with van der Waals surface area (Å²) in [6, 6.07) is 15.2. The van der Waals surface area contributed by atoms with E-state index in [4.69, 9.17) is 0 Å². The number of nitrogens with zero attached hydrogens (tertiary/aromatic N) is 1. The molecule has 0 unspecified atom stereocenters. The van der Waals surface area contributed by atoms with E-state index in [2.05, 4.69) is 11.0 Å². The minimum atomic E-state index is -0.619. The van der Waals surface area contributed by atoms with Crippen molar-refractivity contribution >= 4 is 17.2 Å². The highest BCUT2D eigenvalue weighted by molar-refractivity contribution is 6.00. The Labute approximate surface area is 209 Å². The number of allylic oxidation sites excluding steroid dienone is 1. The van der Waals surface area contributed by atoms with Gasteiger partial charge >= 0.3 is 0 Å². The molecule has 186 valence electrons. The second-order valence-corrected chi connectivity index (χ2v) is 9.73. The molecule has 0 N–H and O–H groups in total. The summed E-state index contributed by atoms with van der Waals surface area (Å²) in [5, 5.41) is 0. The van der Waals surface area contributed by atoms with E-state index in [0.29, 0.717) is 36.1 Å². The third-order valence-corrected chi connectivity index (χ3v) is 7.15. The Bertz CT molecular complexity index is 1320. The average molecular weight is 492 g/mol. The van der Waals surface area contributed by atoms with E-state index in [0.717, 1.165) is 65.4 Å². The summed E-state index contributed by atoms with van der Waals surface area (Å²) >= 11 is 0. The van der Waals surface area contributed by atoms with Crippen molar-refractivity contribution < 1.29 is 17.6 Å². The van der Waals surface area contributed by atoms with Crippen LogP contribution >= 0.6 is 0 Å². The third-order valence-electron chi connectivity index (χ3n) is 7.15. The highest BCUT2D eigenvalue weighted by Gasteiger charge is 2.24. The zero-order chi connectivity index (χ0) is 25.2. The molecule has 0 bridgehead atoms. The van der Waals surface area contributed by atoms with Crippen molar-refractivity contribution in [1.82, 2.24) is 4.90 Å². The number of halogens is 4. The molecule has 0 atom stereocenters. The molecular formula is C31H29F4N. The smallest absolute Gasteiger partial charge is 0.133 e. The van der Waals surface area contributed by atoms with Crippen LogP contribution in [0, 0.1) is 24.4 Å². The zero-order valence-electron chi connectivity index (χ0n) is 20.4. The van der Waals surface area contributed by atoms with Gasteiger partial charge in [-0.25, -0.2) is 13.2 Å².